The van der Waals surface area contributed by atoms with Crippen molar-refractivity contribution in [2.45, 2.75) is 24.7 Å². The molecule has 2 nitrogen and oxygen atoms in total. The van der Waals surface area contributed by atoms with Gasteiger partial charge in [-0.15, -0.1) is 0 Å². The van der Waals surface area contributed by atoms with Crippen LogP contribution in [-0.2, 0) is 11.8 Å². The third-order valence-corrected chi connectivity index (χ3v) is 3.21. The Morgan fingerprint density at radius 1 is 1.36 bits per heavy atom. The highest BCUT2D eigenvalue weighted by atomic mass is 16.5. The zero-order valence-corrected chi connectivity index (χ0v) is 7.92. The van der Waals surface area contributed by atoms with Crippen molar-refractivity contribution in [3.8, 4) is 11.8 Å². The average Bonchev–Trinajstić information content (AvgIpc) is 2.89. The molecule has 1 aliphatic carbocycles. The number of fused-ring (bicyclic) bond motifs is 1. The predicted octanol–water partition coefficient (Wildman–Crippen LogP) is 2.18. The number of benzene rings is 1. The first-order valence-electron chi connectivity index (χ1n) is 5.02. The standard InChI is InChI=1S/C12H11NO/c13-8-12(4-5-12)10-1-2-11-9(7-10)3-6-14-11/h1-2,7H,3-6H2. The first kappa shape index (κ1) is 7.87. The van der Waals surface area contributed by atoms with E-state index in [4.69, 9.17) is 10.00 Å². The molecular formula is C12H11NO. The molecule has 0 aromatic heterocycles. The Hall–Kier alpha value is -1.49. The van der Waals surface area contributed by atoms with E-state index in [2.05, 4.69) is 12.1 Å². The van der Waals surface area contributed by atoms with E-state index in [1.807, 2.05) is 12.1 Å². The van der Waals surface area contributed by atoms with E-state index in [1.54, 1.807) is 0 Å². The Morgan fingerprint density at radius 3 is 2.93 bits per heavy atom. The lowest BCUT2D eigenvalue weighted by molar-refractivity contribution is 0.357. The van der Waals surface area contributed by atoms with E-state index < -0.39 is 0 Å². The third kappa shape index (κ3) is 0.957. The summed E-state index contributed by atoms with van der Waals surface area (Å²) in [6, 6.07) is 8.62. The lowest BCUT2D eigenvalue weighted by Crippen LogP contribution is -2.02. The molecule has 1 heterocycles. The fourth-order valence-corrected chi connectivity index (χ4v) is 2.07. The number of nitrogens with zero attached hydrogens (tertiary/aromatic N) is 1. The first-order valence-corrected chi connectivity index (χ1v) is 5.02. The van der Waals surface area contributed by atoms with Crippen LogP contribution in [0.1, 0.15) is 24.0 Å². The van der Waals surface area contributed by atoms with E-state index in [0.717, 1.165) is 31.6 Å². The molecule has 2 aliphatic rings. The molecule has 3 rings (SSSR count). The van der Waals surface area contributed by atoms with Crippen LogP contribution in [0, 0.1) is 11.3 Å². The van der Waals surface area contributed by atoms with Gasteiger partial charge in [0.15, 0.2) is 0 Å². The maximum Gasteiger partial charge on any atom is 0.122 e. The van der Waals surface area contributed by atoms with Gasteiger partial charge >= 0.3 is 0 Å². The fourth-order valence-electron chi connectivity index (χ4n) is 2.07. The van der Waals surface area contributed by atoms with Crippen molar-refractivity contribution in [2.75, 3.05) is 6.61 Å². The number of hydrogen-bond acceptors (Lipinski definition) is 2. The van der Waals surface area contributed by atoms with E-state index in [1.165, 1.54) is 11.1 Å². The van der Waals surface area contributed by atoms with Gasteiger partial charge < -0.3 is 4.74 Å². The Morgan fingerprint density at radius 2 is 2.21 bits per heavy atom. The lowest BCUT2D eigenvalue weighted by atomic mass is 9.95. The van der Waals surface area contributed by atoms with Crippen molar-refractivity contribution >= 4 is 0 Å². The van der Waals surface area contributed by atoms with Crippen molar-refractivity contribution in [2.24, 2.45) is 0 Å². The van der Waals surface area contributed by atoms with Gasteiger partial charge in [-0.1, -0.05) is 12.1 Å². The summed E-state index contributed by atoms with van der Waals surface area (Å²) >= 11 is 0. The SMILES string of the molecule is N#CC1(c2ccc3c(c2)CCO3)CC1. The summed E-state index contributed by atoms with van der Waals surface area (Å²) in [6.45, 7) is 0.790. The summed E-state index contributed by atoms with van der Waals surface area (Å²) in [5, 5.41) is 9.08. The molecule has 0 N–H and O–H groups in total. The second-order valence-electron chi connectivity index (χ2n) is 4.11. The normalized spacial score (nSPS) is 20.8. The molecule has 0 radical (unpaired) electrons. The van der Waals surface area contributed by atoms with Gasteiger partial charge in [-0.2, -0.15) is 5.26 Å². The Balaban J connectivity index is 2.06. The summed E-state index contributed by atoms with van der Waals surface area (Å²) in [7, 11) is 0. The second-order valence-corrected chi connectivity index (χ2v) is 4.11. The van der Waals surface area contributed by atoms with Gasteiger partial charge in [-0.05, 0) is 30.0 Å². The highest BCUT2D eigenvalue weighted by molar-refractivity contribution is 5.47. The minimum absolute atomic E-state index is 0.155. The molecular weight excluding hydrogens is 174 g/mol. The molecule has 0 unspecified atom stereocenters. The maximum atomic E-state index is 9.08. The number of nitriles is 1. The summed E-state index contributed by atoms with van der Waals surface area (Å²) in [5.74, 6) is 1.00. The van der Waals surface area contributed by atoms with Crippen LogP contribution in [0.5, 0.6) is 5.75 Å². The number of ether oxygens (including phenoxy) is 1. The summed E-state index contributed by atoms with van der Waals surface area (Å²) in [4.78, 5) is 0. The molecule has 0 amide bonds. The molecule has 1 aliphatic heterocycles. The van der Waals surface area contributed by atoms with Gasteiger partial charge in [-0.3, -0.25) is 0 Å². The topological polar surface area (TPSA) is 33.0 Å². The van der Waals surface area contributed by atoms with E-state index in [9.17, 15) is 0 Å². The third-order valence-electron chi connectivity index (χ3n) is 3.21. The van der Waals surface area contributed by atoms with Gasteiger partial charge in [0.2, 0.25) is 0 Å². The van der Waals surface area contributed by atoms with Gasteiger partial charge in [0, 0.05) is 6.42 Å². The molecule has 1 aromatic rings. The van der Waals surface area contributed by atoms with E-state index >= 15 is 0 Å². The fraction of sp³-hybridized carbons (Fsp3) is 0.417. The van der Waals surface area contributed by atoms with Crippen LogP contribution in [0.2, 0.25) is 0 Å². The molecule has 1 saturated carbocycles. The molecule has 0 bridgehead atoms. The van der Waals surface area contributed by atoms with Gasteiger partial charge in [-0.25, -0.2) is 0 Å². The van der Waals surface area contributed by atoms with Crippen LogP contribution < -0.4 is 4.74 Å². The summed E-state index contributed by atoms with van der Waals surface area (Å²) in [6.07, 6.45) is 3.02. The summed E-state index contributed by atoms with van der Waals surface area (Å²) in [5.41, 5.74) is 2.30. The van der Waals surface area contributed by atoms with Gasteiger partial charge in [0.05, 0.1) is 18.1 Å². The van der Waals surface area contributed by atoms with Gasteiger partial charge in [0.25, 0.3) is 0 Å². The zero-order chi connectivity index (χ0) is 9.60. The summed E-state index contributed by atoms with van der Waals surface area (Å²) < 4.78 is 5.44. The average molecular weight is 185 g/mol. The number of hydrogen-bond donors (Lipinski definition) is 0. The smallest absolute Gasteiger partial charge is 0.122 e. The highest BCUT2D eigenvalue weighted by Crippen LogP contribution is 2.48. The van der Waals surface area contributed by atoms with Crippen LogP contribution >= 0.6 is 0 Å². The molecule has 2 heteroatoms. The van der Waals surface area contributed by atoms with Crippen molar-refractivity contribution in [1.29, 1.82) is 5.26 Å². The first-order chi connectivity index (χ1) is 6.84. The molecule has 14 heavy (non-hydrogen) atoms. The van der Waals surface area contributed by atoms with Crippen LogP contribution in [0.25, 0.3) is 0 Å². The van der Waals surface area contributed by atoms with Crippen LogP contribution in [0.3, 0.4) is 0 Å². The Bertz CT molecular complexity index is 426. The minimum atomic E-state index is -0.155. The predicted molar refractivity (Wildman–Crippen MR) is 52.2 cm³/mol. The molecule has 1 aromatic carbocycles. The van der Waals surface area contributed by atoms with Crippen LogP contribution in [0.15, 0.2) is 18.2 Å². The maximum absolute atomic E-state index is 9.08. The van der Waals surface area contributed by atoms with Crippen molar-refractivity contribution in [3.05, 3.63) is 29.3 Å². The lowest BCUT2D eigenvalue weighted by Gasteiger charge is -2.07. The van der Waals surface area contributed by atoms with Crippen molar-refractivity contribution in [1.82, 2.24) is 0 Å². The second kappa shape index (κ2) is 2.51. The van der Waals surface area contributed by atoms with Gasteiger partial charge in [0.1, 0.15) is 5.75 Å². The molecule has 0 spiro atoms. The monoisotopic (exact) mass is 185 g/mol. The quantitative estimate of drug-likeness (QED) is 0.671. The molecule has 1 fully saturated rings. The van der Waals surface area contributed by atoms with E-state index in [0.29, 0.717) is 0 Å². The zero-order valence-electron chi connectivity index (χ0n) is 7.92. The molecule has 70 valence electrons. The van der Waals surface area contributed by atoms with Crippen molar-refractivity contribution in [3.63, 3.8) is 0 Å². The minimum Gasteiger partial charge on any atom is -0.493 e. The number of rotatable bonds is 1. The Kier molecular flexibility index (Phi) is 1.41. The Labute approximate surface area is 83.1 Å². The highest BCUT2D eigenvalue weighted by Gasteiger charge is 2.45. The van der Waals surface area contributed by atoms with Crippen LogP contribution in [0.4, 0.5) is 0 Å². The van der Waals surface area contributed by atoms with Crippen molar-refractivity contribution < 1.29 is 4.74 Å². The molecule has 0 saturated heterocycles. The molecule has 0 atom stereocenters. The van der Waals surface area contributed by atoms with E-state index in [-0.39, 0.29) is 5.41 Å². The van der Waals surface area contributed by atoms with Crippen LogP contribution in [-0.4, -0.2) is 6.61 Å². The largest absolute Gasteiger partial charge is 0.493 e.